The van der Waals surface area contributed by atoms with E-state index in [0.29, 0.717) is 34.4 Å². The monoisotopic (exact) mass is 384 g/mol. The Hall–Kier alpha value is -3.53. The molecule has 0 bridgehead atoms. The summed E-state index contributed by atoms with van der Waals surface area (Å²) in [6.45, 7) is 2.31. The van der Waals surface area contributed by atoms with Gasteiger partial charge in [0.25, 0.3) is 5.91 Å². The second-order valence-electron chi connectivity index (χ2n) is 7.10. The largest absolute Gasteiger partial charge is 0.336 e. The zero-order valence-corrected chi connectivity index (χ0v) is 16.4. The number of rotatable bonds is 4. The number of hydrogen-bond donors (Lipinski definition) is 0. The molecule has 0 radical (unpaired) electrons. The van der Waals surface area contributed by atoms with E-state index in [2.05, 4.69) is 4.98 Å². The van der Waals surface area contributed by atoms with Gasteiger partial charge in [-0.1, -0.05) is 66.7 Å². The molecule has 4 rings (SSSR count). The van der Waals surface area contributed by atoms with Crippen molar-refractivity contribution in [2.45, 2.75) is 13.5 Å². The van der Waals surface area contributed by atoms with Crippen LogP contribution in [0.4, 0.5) is 4.39 Å². The number of pyridine rings is 1. The predicted molar refractivity (Wildman–Crippen MR) is 114 cm³/mol. The van der Waals surface area contributed by atoms with Gasteiger partial charge in [0.15, 0.2) is 0 Å². The SMILES string of the molecule is Cc1c(C(=O)N(C)Cc2ccccc2)nc2ccccc2c1-c1ccccc1F. The Kier molecular flexibility index (Phi) is 5.09. The summed E-state index contributed by atoms with van der Waals surface area (Å²) in [5.41, 5.74) is 3.93. The molecular weight excluding hydrogens is 363 g/mol. The van der Waals surface area contributed by atoms with Crippen LogP contribution in [-0.4, -0.2) is 22.8 Å². The topological polar surface area (TPSA) is 33.2 Å². The van der Waals surface area contributed by atoms with Crippen molar-refractivity contribution in [2.24, 2.45) is 0 Å². The fourth-order valence-electron chi connectivity index (χ4n) is 3.64. The summed E-state index contributed by atoms with van der Waals surface area (Å²) in [6.07, 6.45) is 0. The summed E-state index contributed by atoms with van der Waals surface area (Å²) in [4.78, 5) is 19.5. The molecule has 0 aliphatic heterocycles. The van der Waals surface area contributed by atoms with Gasteiger partial charge in [-0.3, -0.25) is 4.79 Å². The van der Waals surface area contributed by atoms with E-state index >= 15 is 0 Å². The summed E-state index contributed by atoms with van der Waals surface area (Å²) < 4.78 is 14.6. The van der Waals surface area contributed by atoms with Crippen molar-refractivity contribution in [3.63, 3.8) is 0 Å². The summed E-state index contributed by atoms with van der Waals surface area (Å²) in [6, 6.07) is 24.0. The highest BCUT2D eigenvalue weighted by atomic mass is 19.1. The first-order valence-electron chi connectivity index (χ1n) is 9.50. The Morgan fingerprint density at radius 1 is 0.931 bits per heavy atom. The summed E-state index contributed by atoms with van der Waals surface area (Å²) >= 11 is 0. The fourth-order valence-corrected chi connectivity index (χ4v) is 3.64. The summed E-state index contributed by atoms with van der Waals surface area (Å²) in [5, 5.41) is 0.831. The van der Waals surface area contributed by atoms with E-state index in [0.717, 1.165) is 10.9 Å². The molecule has 4 heteroatoms. The lowest BCUT2D eigenvalue weighted by Gasteiger charge is -2.20. The van der Waals surface area contributed by atoms with Gasteiger partial charge >= 0.3 is 0 Å². The number of para-hydroxylation sites is 1. The molecule has 0 fully saturated rings. The third-order valence-corrected chi connectivity index (χ3v) is 5.09. The number of carbonyl (C=O) groups is 1. The van der Waals surface area contributed by atoms with E-state index < -0.39 is 0 Å². The van der Waals surface area contributed by atoms with Gasteiger partial charge in [0, 0.05) is 24.5 Å². The van der Waals surface area contributed by atoms with Gasteiger partial charge in [-0.2, -0.15) is 0 Å². The van der Waals surface area contributed by atoms with Crippen LogP contribution in [-0.2, 0) is 6.54 Å². The number of fused-ring (bicyclic) bond motifs is 1. The van der Waals surface area contributed by atoms with Crippen LogP contribution in [0, 0.1) is 12.7 Å². The van der Waals surface area contributed by atoms with Crippen LogP contribution >= 0.6 is 0 Å². The third-order valence-electron chi connectivity index (χ3n) is 5.09. The molecule has 29 heavy (non-hydrogen) atoms. The van der Waals surface area contributed by atoms with Gasteiger partial charge in [-0.15, -0.1) is 0 Å². The van der Waals surface area contributed by atoms with Gasteiger partial charge < -0.3 is 4.90 Å². The van der Waals surface area contributed by atoms with Gasteiger partial charge in [0.2, 0.25) is 0 Å². The quantitative estimate of drug-likeness (QED) is 0.457. The molecule has 1 amide bonds. The van der Waals surface area contributed by atoms with Crippen molar-refractivity contribution < 1.29 is 9.18 Å². The normalized spacial score (nSPS) is 10.9. The minimum Gasteiger partial charge on any atom is -0.336 e. The minimum atomic E-state index is -0.317. The predicted octanol–water partition coefficient (Wildman–Crippen LogP) is 5.62. The molecule has 0 saturated heterocycles. The minimum absolute atomic E-state index is 0.185. The molecule has 3 aromatic carbocycles. The Bertz CT molecular complexity index is 1190. The number of aromatic nitrogens is 1. The molecule has 0 unspecified atom stereocenters. The number of halogens is 1. The zero-order valence-electron chi connectivity index (χ0n) is 16.4. The Morgan fingerprint density at radius 2 is 1.59 bits per heavy atom. The first-order chi connectivity index (χ1) is 14.1. The maximum Gasteiger partial charge on any atom is 0.272 e. The summed E-state index contributed by atoms with van der Waals surface area (Å²) in [7, 11) is 1.76. The molecule has 0 aliphatic rings. The first-order valence-corrected chi connectivity index (χ1v) is 9.50. The Morgan fingerprint density at radius 3 is 2.34 bits per heavy atom. The van der Waals surface area contributed by atoms with E-state index in [-0.39, 0.29) is 11.7 Å². The van der Waals surface area contributed by atoms with E-state index in [1.165, 1.54) is 6.07 Å². The molecule has 0 atom stereocenters. The molecule has 0 saturated carbocycles. The average Bonchev–Trinajstić information content (AvgIpc) is 2.74. The number of hydrogen-bond acceptors (Lipinski definition) is 2. The molecule has 1 heterocycles. The van der Waals surface area contributed by atoms with E-state index in [9.17, 15) is 9.18 Å². The fraction of sp³-hybridized carbons (Fsp3) is 0.120. The van der Waals surface area contributed by atoms with Crippen LogP contribution in [0.25, 0.3) is 22.0 Å². The van der Waals surface area contributed by atoms with Crippen molar-refractivity contribution in [3.8, 4) is 11.1 Å². The second kappa shape index (κ2) is 7.84. The van der Waals surface area contributed by atoms with Crippen molar-refractivity contribution in [1.82, 2.24) is 9.88 Å². The van der Waals surface area contributed by atoms with Crippen LogP contribution in [0.3, 0.4) is 0 Å². The lowest BCUT2D eigenvalue weighted by Crippen LogP contribution is -2.28. The van der Waals surface area contributed by atoms with Crippen LogP contribution in [0.15, 0.2) is 78.9 Å². The van der Waals surface area contributed by atoms with Crippen molar-refractivity contribution in [3.05, 3.63) is 102 Å². The van der Waals surface area contributed by atoms with E-state index in [4.69, 9.17) is 0 Å². The van der Waals surface area contributed by atoms with Gasteiger partial charge in [-0.05, 0) is 35.7 Å². The lowest BCUT2D eigenvalue weighted by molar-refractivity contribution is 0.0779. The Balaban J connectivity index is 1.84. The number of amides is 1. The molecular formula is C25H21FN2O. The van der Waals surface area contributed by atoms with Crippen LogP contribution in [0.2, 0.25) is 0 Å². The van der Waals surface area contributed by atoms with Crippen LogP contribution in [0.5, 0.6) is 0 Å². The molecule has 144 valence electrons. The summed E-state index contributed by atoms with van der Waals surface area (Å²) in [5.74, 6) is -0.502. The molecule has 4 aromatic rings. The maximum atomic E-state index is 14.6. The second-order valence-corrected chi connectivity index (χ2v) is 7.10. The van der Waals surface area contributed by atoms with Crippen molar-refractivity contribution in [2.75, 3.05) is 7.05 Å². The number of carbonyl (C=O) groups excluding carboxylic acids is 1. The van der Waals surface area contributed by atoms with E-state index in [1.807, 2.05) is 61.5 Å². The molecule has 0 spiro atoms. The highest BCUT2D eigenvalue weighted by Gasteiger charge is 2.22. The third kappa shape index (κ3) is 3.61. The lowest BCUT2D eigenvalue weighted by atomic mass is 9.94. The van der Waals surface area contributed by atoms with Gasteiger partial charge in [-0.25, -0.2) is 9.37 Å². The highest BCUT2D eigenvalue weighted by Crippen LogP contribution is 2.34. The molecule has 0 N–H and O–H groups in total. The van der Waals surface area contributed by atoms with Gasteiger partial charge in [0.1, 0.15) is 11.5 Å². The molecule has 1 aromatic heterocycles. The average molecular weight is 384 g/mol. The van der Waals surface area contributed by atoms with Crippen LogP contribution < -0.4 is 0 Å². The van der Waals surface area contributed by atoms with Crippen molar-refractivity contribution >= 4 is 16.8 Å². The molecule has 0 aliphatic carbocycles. The zero-order chi connectivity index (χ0) is 20.4. The Labute approximate surface area is 169 Å². The number of nitrogens with zero attached hydrogens (tertiary/aromatic N) is 2. The highest BCUT2D eigenvalue weighted by molar-refractivity contribution is 6.03. The molecule has 3 nitrogen and oxygen atoms in total. The maximum absolute atomic E-state index is 14.6. The van der Waals surface area contributed by atoms with Gasteiger partial charge in [0.05, 0.1) is 5.52 Å². The number of benzene rings is 3. The standard InChI is InChI=1S/C25H21FN2O/c1-17-23(19-12-6-8-14-21(19)26)20-13-7-9-15-22(20)27-24(17)25(29)28(2)16-18-10-4-3-5-11-18/h3-15H,16H2,1-2H3. The smallest absolute Gasteiger partial charge is 0.272 e. The first kappa shape index (κ1) is 18.8. The van der Waals surface area contributed by atoms with E-state index in [1.54, 1.807) is 30.1 Å². The van der Waals surface area contributed by atoms with Crippen molar-refractivity contribution in [1.29, 1.82) is 0 Å². The van der Waals surface area contributed by atoms with Crippen LogP contribution in [0.1, 0.15) is 21.6 Å².